The maximum atomic E-state index is 4.63. The van der Waals surface area contributed by atoms with E-state index in [-0.39, 0.29) is 6.04 Å². The lowest BCUT2D eigenvalue weighted by molar-refractivity contribution is 0.472. The predicted molar refractivity (Wildman–Crippen MR) is 82.3 cm³/mol. The van der Waals surface area contributed by atoms with E-state index in [1.807, 2.05) is 42.3 Å². The SMILES string of the molecule is CNC(c1cnn2ccccc12)C1CCc2cccnc21. The molecule has 1 N–H and O–H groups in total. The molecule has 3 aromatic rings. The highest BCUT2D eigenvalue weighted by Gasteiger charge is 2.32. The first-order chi connectivity index (χ1) is 10.4. The Kier molecular flexibility index (Phi) is 2.97. The van der Waals surface area contributed by atoms with Gasteiger partial charge in [-0.3, -0.25) is 4.98 Å². The maximum absolute atomic E-state index is 4.63. The van der Waals surface area contributed by atoms with Crippen molar-refractivity contribution in [1.29, 1.82) is 0 Å². The smallest absolute Gasteiger partial charge is 0.0709 e. The molecule has 0 radical (unpaired) electrons. The quantitative estimate of drug-likeness (QED) is 0.801. The fraction of sp³-hybridized carbons (Fsp3) is 0.294. The molecule has 0 aromatic carbocycles. The fourth-order valence-electron chi connectivity index (χ4n) is 3.54. The minimum Gasteiger partial charge on any atom is -0.312 e. The van der Waals surface area contributed by atoms with E-state index >= 15 is 0 Å². The molecule has 4 heteroatoms. The molecule has 0 saturated heterocycles. The molecular formula is C17H18N4. The summed E-state index contributed by atoms with van der Waals surface area (Å²) in [6.07, 6.45) is 8.14. The average Bonchev–Trinajstić information content (AvgIpc) is 3.14. The first-order valence-electron chi connectivity index (χ1n) is 7.42. The van der Waals surface area contributed by atoms with Crippen LogP contribution in [-0.2, 0) is 6.42 Å². The molecule has 0 aliphatic heterocycles. The van der Waals surface area contributed by atoms with Gasteiger partial charge in [0.05, 0.1) is 11.7 Å². The van der Waals surface area contributed by atoms with E-state index in [0.717, 1.165) is 12.8 Å². The number of hydrogen-bond acceptors (Lipinski definition) is 3. The molecule has 4 rings (SSSR count). The van der Waals surface area contributed by atoms with Crippen molar-refractivity contribution in [3.8, 4) is 0 Å². The third-order valence-corrected chi connectivity index (χ3v) is 4.51. The van der Waals surface area contributed by atoms with Crippen LogP contribution in [0.1, 0.15) is 35.2 Å². The topological polar surface area (TPSA) is 42.2 Å². The first-order valence-corrected chi connectivity index (χ1v) is 7.42. The second-order valence-electron chi connectivity index (χ2n) is 5.59. The first kappa shape index (κ1) is 12.5. The Bertz CT molecular complexity index is 777. The second kappa shape index (κ2) is 4.97. The molecule has 106 valence electrons. The number of hydrogen-bond donors (Lipinski definition) is 1. The summed E-state index contributed by atoms with van der Waals surface area (Å²) in [5, 5.41) is 7.96. The molecule has 21 heavy (non-hydrogen) atoms. The molecule has 0 saturated carbocycles. The Morgan fingerprint density at radius 1 is 1.29 bits per heavy atom. The lowest BCUT2D eigenvalue weighted by atomic mass is 9.91. The molecule has 0 spiro atoms. The van der Waals surface area contributed by atoms with Crippen LogP contribution in [0.3, 0.4) is 0 Å². The lowest BCUT2D eigenvalue weighted by Gasteiger charge is -2.22. The van der Waals surface area contributed by atoms with Gasteiger partial charge in [0.25, 0.3) is 0 Å². The van der Waals surface area contributed by atoms with Crippen LogP contribution in [-0.4, -0.2) is 21.6 Å². The molecular weight excluding hydrogens is 260 g/mol. The minimum absolute atomic E-state index is 0.251. The van der Waals surface area contributed by atoms with Crippen molar-refractivity contribution in [3.05, 3.63) is 65.7 Å². The summed E-state index contributed by atoms with van der Waals surface area (Å²) < 4.78 is 1.94. The molecule has 2 unspecified atom stereocenters. The lowest BCUT2D eigenvalue weighted by Crippen LogP contribution is -2.23. The van der Waals surface area contributed by atoms with Crippen molar-refractivity contribution in [2.45, 2.75) is 24.8 Å². The van der Waals surface area contributed by atoms with E-state index in [1.165, 1.54) is 22.3 Å². The van der Waals surface area contributed by atoms with Gasteiger partial charge in [-0.1, -0.05) is 12.1 Å². The van der Waals surface area contributed by atoms with Gasteiger partial charge in [-0.05, 0) is 43.7 Å². The number of pyridine rings is 2. The van der Waals surface area contributed by atoms with Crippen LogP contribution in [0.15, 0.2) is 48.9 Å². The normalized spacial score (nSPS) is 18.8. The summed E-state index contributed by atoms with van der Waals surface area (Å²) in [6.45, 7) is 0. The van der Waals surface area contributed by atoms with E-state index in [2.05, 4.69) is 33.6 Å². The predicted octanol–water partition coefficient (Wildman–Crippen LogP) is 2.72. The summed E-state index contributed by atoms with van der Waals surface area (Å²) >= 11 is 0. The highest BCUT2D eigenvalue weighted by molar-refractivity contribution is 5.56. The highest BCUT2D eigenvalue weighted by Crippen LogP contribution is 2.41. The summed E-state index contributed by atoms with van der Waals surface area (Å²) in [5.74, 6) is 0.416. The number of aryl methyl sites for hydroxylation is 1. The molecule has 0 bridgehead atoms. The second-order valence-corrected chi connectivity index (χ2v) is 5.59. The molecule has 3 aromatic heterocycles. The van der Waals surface area contributed by atoms with E-state index in [9.17, 15) is 0 Å². The fourth-order valence-corrected chi connectivity index (χ4v) is 3.54. The Labute approximate surface area is 123 Å². The van der Waals surface area contributed by atoms with Crippen LogP contribution in [0.5, 0.6) is 0 Å². The third-order valence-electron chi connectivity index (χ3n) is 4.51. The number of rotatable bonds is 3. The van der Waals surface area contributed by atoms with Crippen molar-refractivity contribution < 1.29 is 0 Å². The van der Waals surface area contributed by atoms with Crippen LogP contribution in [0.4, 0.5) is 0 Å². The summed E-state index contributed by atoms with van der Waals surface area (Å²) in [6, 6.07) is 10.7. The number of likely N-dealkylation sites (N-methyl/N-ethyl adjacent to an activating group) is 1. The van der Waals surface area contributed by atoms with Gasteiger partial charge >= 0.3 is 0 Å². The summed E-state index contributed by atoms with van der Waals surface area (Å²) in [5.41, 5.74) is 5.05. The number of nitrogens with one attached hydrogen (secondary N) is 1. The van der Waals surface area contributed by atoms with Crippen molar-refractivity contribution in [2.75, 3.05) is 7.05 Å². The monoisotopic (exact) mass is 278 g/mol. The van der Waals surface area contributed by atoms with E-state index < -0.39 is 0 Å². The van der Waals surface area contributed by atoms with Gasteiger partial charge in [-0.25, -0.2) is 4.52 Å². The maximum Gasteiger partial charge on any atom is 0.0709 e. The van der Waals surface area contributed by atoms with Gasteiger partial charge in [0.15, 0.2) is 0 Å². The Hall–Kier alpha value is -2.20. The van der Waals surface area contributed by atoms with Gasteiger partial charge < -0.3 is 5.32 Å². The number of fused-ring (bicyclic) bond motifs is 2. The van der Waals surface area contributed by atoms with Crippen molar-refractivity contribution in [3.63, 3.8) is 0 Å². The van der Waals surface area contributed by atoms with Gasteiger partial charge in [-0.15, -0.1) is 0 Å². The van der Waals surface area contributed by atoms with E-state index in [0.29, 0.717) is 5.92 Å². The van der Waals surface area contributed by atoms with Crippen molar-refractivity contribution >= 4 is 5.52 Å². The standard InChI is InChI=1S/C17H18N4/c1-18-17(13-8-7-12-5-4-9-19-16(12)13)14-11-20-21-10-3-2-6-15(14)21/h2-6,9-11,13,17-18H,7-8H2,1H3. The number of aromatic nitrogens is 3. The van der Waals surface area contributed by atoms with E-state index in [4.69, 9.17) is 0 Å². The van der Waals surface area contributed by atoms with Gasteiger partial charge in [0.1, 0.15) is 0 Å². The molecule has 0 amide bonds. The zero-order valence-corrected chi connectivity index (χ0v) is 12.0. The van der Waals surface area contributed by atoms with Crippen molar-refractivity contribution in [1.82, 2.24) is 19.9 Å². The third kappa shape index (κ3) is 1.94. The largest absolute Gasteiger partial charge is 0.312 e. The zero-order valence-electron chi connectivity index (χ0n) is 12.0. The average molecular weight is 278 g/mol. The van der Waals surface area contributed by atoms with Gasteiger partial charge in [-0.2, -0.15) is 5.10 Å². The van der Waals surface area contributed by atoms with Gasteiger partial charge in [0.2, 0.25) is 0 Å². The van der Waals surface area contributed by atoms with Crippen LogP contribution in [0.2, 0.25) is 0 Å². The van der Waals surface area contributed by atoms with E-state index in [1.54, 1.807) is 0 Å². The van der Waals surface area contributed by atoms with Crippen molar-refractivity contribution in [2.24, 2.45) is 0 Å². The minimum atomic E-state index is 0.251. The summed E-state index contributed by atoms with van der Waals surface area (Å²) in [4.78, 5) is 4.63. The number of nitrogens with zero attached hydrogens (tertiary/aromatic N) is 3. The Morgan fingerprint density at radius 2 is 2.24 bits per heavy atom. The molecule has 0 fully saturated rings. The summed E-state index contributed by atoms with van der Waals surface area (Å²) in [7, 11) is 2.03. The molecule has 2 atom stereocenters. The Morgan fingerprint density at radius 3 is 3.14 bits per heavy atom. The highest BCUT2D eigenvalue weighted by atomic mass is 15.2. The van der Waals surface area contributed by atoms with Crippen LogP contribution in [0.25, 0.3) is 5.52 Å². The Balaban J connectivity index is 1.79. The molecule has 1 aliphatic rings. The molecule has 3 heterocycles. The van der Waals surface area contributed by atoms with Gasteiger partial charge in [0, 0.05) is 35.6 Å². The van der Waals surface area contributed by atoms with Crippen LogP contribution >= 0.6 is 0 Å². The molecule has 4 nitrogen and oxygen atoms in total. The van der Waals surface area contributed by atoms with Crippen LogP contribution < -0.4 is 5.32 Å². The molecule has 1 aliphatic carbocycles. The zero-order chi connectivity index (χ0) is 14.2. The van der Waals surface area contributed by atoms with Crippen LogP contribution in [0, 0.1) is 0 Å².